The van der Waals surface area contributed by atoms with Crippen molar-refractivity contribution in [2.45, 2.75) is 19.8 Å². The maximum atomic E-state index is 5.27. The van der Waals surface area contributed by atoms with Gasteiger partial charge < -0.3 is 4.74 Å². The van der Waals surface area contributed by atoms with Gasteiger partial charge >= 0.3 is 0 Å². The van der Waals surface area contributed by atoms with Crippen LogP contribution >= 0.6 is 0 Å². The lowest BCUT2D eigenvalue weighted by atomic mass is 9.77. The number of benzene rings is 1. The normalized spacial score (nSPS) is 25.9. The standard InChI is InChI=1S/C13H18O/c1-10-7-11-5-3-4-6-12(11)8-13(10)9-14-2/h3-6,10,13H,7-9H2,1-2H3. The van der Waals surface area contributed by atoms with E-state index < -0.39 is 0 Å². The Labute approximate surface area is 86.1 Å². The Morgan fingerprint density at radius 1 is 1.21 bits per heavy atom. The molecule has 1 aliphatic rings. The highest BCUT2D eigenvalue weighted by molar-refractivity contribution is 5.30. The molecule has 0 aromatic heterocycles. The molecule has 0 radical (unpaired) electrons. The highest BCUT2D eigenvalue weighted by atomic mass is 16.5. The molecule has 2 atom stereocenters. The quantitative estimate of drug-likeness (QED) is 0.696. The Morgan fingerprint density at radius 3 is 2.50 bits per heavy atom. The van der Waals surface area contributed by atoms with Gasteiger partial charge in [-0.2, -0.15) is 0 Å². The fourth-order valence-corrected chi connectivity index (χ4v) is 2.39. The van der Waals surface area contributed by atoms with Crippen molar-refractivity contribution in [2.24, 2.45) is 11.8 Å². The van der Waals surface area contributed by atoms with Gasteiger partial charge in [-0.3, -0.25) is 0 Å². The van der Waals surface area contributed by atoms with Crippen LogP contribution in [0.1, 0.15) is 18.1 Å². The minimum Gasteiger partial charge on any atom is -0.384 e. The summed E-state index contributed by atoms with van der Waals surface area (Å²) < 4.78 is 5.27. The highest BCUT2D eigenvalue weighted by Crippen LogP contribution is 2.29. The first-order valence-electron chi connectivity index (χ1n) is 5.37. The summed E-state index contributed by atoms with van der Waals surface area (Å²) in [5.74, 6) is 1.46. The number of hydrogen-bond acceptors (Lipinski definition) is 1. The zero-order valence-corrected chi connectivity index (χ0v) is 8.99. The second kappa shape index (κ2) is 4.14. The molecule has 76 valence electrons. The van der Waals surface area contributed by atoms with Crippen molar-refractivity contribution < 1.29 is 4.74 Å². The van der Waals surface area contributed by atoms with Crippen LogP contribution in [0.4, 0.5) is 0 Å². The van der Waals surface area contributed by atoms with Crippen molar-refractivity contribution in [3.05, 3.63) is 35.4 Å². The third kappa shape index (κ3) is 1.83. The summed E-state index contributed by atoms with van der Waals surface area (Å²) in [6.07, 6.45) is 2.40. The molecule has 0 N–H and O–H groups in total. The highest BCUT2D eigenvalue weighted by Gasteiger charge is 2.24. The van der Waals surface area contributed by atoms with Crippen molar-refractivity contribution in [3.63, 3.8) is 0 Å². The minimum atomic E-state index is 0.704. The van der Waals surface area contributed by atoms with E-state index >= 15 is 0 Å². The molecule has 14 heavy (non-hydrogen) atoms. The second-order valence-electron chi connectivity index (χ2n) is 4.37. The minimum absolute atomic E-state index is 0.704. The van der Waals surface area contributed by atoms with Gasteiger partial charge in [-0.15, -0.1) is 0 Å². The molecule has 1 nitrogen and oxygen atoms in total. The molecule has 1 aromatic carbocycles. The van der Waals surface area contributed by atoms with Crippen molar-refractivity contribution in [1.29, 1.82) is 0 Å². The average Bonchev–Trinajstić information content (AvgIpc) is 2.19. The van der Waals surface area contributed by atoms with E-state index in [1.807, 2.05) is 0 Å². The molecule has 1 aromatic rings. The van der Waals surface area contributed by atoms with Gasteiger partial charge in [-0.1, -0.05) is 31.2 Å². The van der Waals surface area contributed by atoms with Crippen LogP contribution in [0.2, 0.25) is 0 Å². The van der Waals surface area contributed by atoms with E-state index in [2.05, 4.69) is 31.2 Å². The lowest BCUT2D eigenvalue weighted by molar-refractivity contribution is 0.120. The van der Waals surface area contributed by atoms with Crippen LogP contribution in [0, 0.1) is 11.8 Å². The smallest absolute Gasteiger partial charge is 0.0496 e. The number of methoxy groups -OCH3 is 1. The molecule has 1 heteroatoms. The van der Waals surface area contributed by atoms with E-state index in [0.717, 1.165) is 12.5 Å². The molecule has 1 aliphatic carbocycles. The summed E-state index contributed by atoms with van der Waals surface area (Å²) in [6, 6.07) is 8.79. The van der Waals surface area contributed by atoms with E-state index in [9.17, 15) is 0 Å². The van der Waals surface area contributed by atoms with Crippen LogP contribution < -0.4 is 0 Å². The molecule has 0 fully saturated rings. The van der Waals surface area contributed by atoms with Gasteiger partial charge in [0.1, 0.15) is 0 Å². The van der Waals surface area contributed by atoms with Crippen LogP contribution in [-0.2, 0) is 17.6 Å². The van der Waals surface area contributed by atoms with E-state index in [1.54, 1.807) is 7.11 Å². The van der Waals surface area contributed by atoms with Gasteiger partial charge in [0, 0.05) is 13.7 Å². The van der Waals surface area contributed by atoms with Crippen LogP contribution in [0.15, 0.2) is 24.3 Å². The van der Waals surface area contributed by atoms with Crippen LogP contribution in [0.3, 0.4) is 0 Å². The number of ether oxygens (including phenoxy) is 1. The zero-order valence-electron chi connectivity index (χ0n) is 8.99. The van der Waals surface area contributed by atoms with E-state index in [0.29, 0.717) is 5.92 Å². The Bertz CT molecular complexity index is 306. The number of hydrogen-bond donors (Lipinski definition) is 0. The Hall–Kier alpha value is -0.820. The summed E-state index contributed by atoms with van der Waals surface area (Å²) in [5.41, 5.74) is 3.06. The van der Waals surface area contributed by atoms with Gasteiger partial charge in [-0.05, 0) is 35.8 Å². The largest absolute Gasteiger partial charge is 0.384 e. The molecule has 0 bridgehead atoms. The van der Waals surface area contributed by atoms with Crippen molar-refractivity contribution >= 4 is 0 Å². The molecule has 0 amide bonds. The topological polar surface area (TPSA) is 9.23 Å². The maximum absolute atomic E-state index is 5.27. The molecule has 0 aliphatic heterocycles. The average molecular weight is 190 g/mol. The van der Waals surface area contributed by atoms with Crippen molar-refractivity contribution in [3.8, 4) is 0 Å². The second-order valence-corrected chi connectivity index (χ2v) is 4.37. The molecule has 0 spiro atoms. The van der Waals surface area contributed by atoms with E-state index in [-0.39, 0.29) is 0 Å². The van der Waals surface area contributed by atoms with E-state index in [4.69, 9.17) is 4.74 Å². The number of fused-ring (bicyclic) bond motifs is 1. The summed E-state index contributed by atoms with van der Waals surface area (Å²) in [5, 5.41) is 0. The maximum Gasteiger partial charge on any atom is 0.0496 e. The third-order valence-electron chi connectivity index (χ3n) is 3.33. The van der Waals surface area contributed by atoms with E-state index in [1.165, 1.54) is 24.0 Å². The van der Waals surface area contributed by atoms with Crippen LogP contribution in [0.5, 0.6) is 0 Å². The molecule has 0 saturated carbocycles. The molecule has 0 heterocycles. The van der Waals surface area contributed by atoms with Crippen molar-refractivity contribution in [1.82, 2.24) is 0 Å². The molecule has 2 rings (SSSR count). The lowest BCUT2D eigenvalue weighted by Gasteiger charge is -2.30. The van der Waals surface area contributed by atoms with Crippen LogP contribution in [-0.4, -0.2) is 13.7 Å². The molecular weight excluding hydrogens is 172 g/mol. The summed E-state index contributed by atoms with van der Waals surface area (Å²) in [4.78, 5) is 0. The van der Waals surface area contributed by atoms with Crippen molar-refractivity contribution in [2.75, 3.05) is 13.7 Å². The van der Waals surface area contributed by atoms with Gasteiger partial charge in [0.05, 0.1) is 0 Å². The Kier molecular flexibility index (Phi) is 2.87. The molecular formula is C13H18O. The Balaban J connectivity index is 2.18. The fourth-order valence-electron chi connectivity index (χ4n) is 2.39. The Morgan fingerprint density at radius 2 is 1.86 bits per heavy atom. The zero-order chi connectivity index (χ0) is 9.97. The SMILES string of the molecule is COCC1Cc2ccccc2CC1C. The lowest BCUT2D eigenvalue weighted by Crippen LogP contribution is -2.26. The first-order valence-corrected chi connectivity index (χ1v) is 5.37. The predicted octanol–water partition coefficient (Wildman–Crippen LogP) is 2.68. The fraction of sp³-hybridized carbons (Fsp3) is 0.538. The van der Waals surface area contributed by atoms with Gasteiger partial charge in [-0.25, -0.2) is 0 Å². The van der Waals surface area contributed by atoms with Crippen LogP contribution in [0.25, 0.3) is 0 Å². The van der Waals surface area contributed by atoms with Gasteiger partial charge in [0.25, 0.3) is 0 Å². The first kappa shape index (κ1) is 9.72. The molecule has 2 unspecified atom stereocenters. The summed E-state index contributed by atoms with van der Waals surface area (Å²) >= 11 is 0. The van der Waals surface area contributed by atoms with Gasteiger partial charge in [0.15, 0.2) is 0 Å². The predicted molar refractivity (Wildman–Crippen MR) is 58.4 cm³/mol. The summed E-state index contributed by atoms with van der Waals surface area (Å²) in [7, 11) is 1.80. The summed E-state index contributed by atoms with van der Waals surface area (Å²) in [6.45, 7) is 3.23. The monoisotopic (exact) mass is 190 g/mol. The third-order valence-corrected chi connectivity index (χ3v) is 3.33. The van der Waals surface area contributed by atoms with Gasteiger partial charge in [0.2, 0.25) is 0 Å². The molecule has 0 saturated heterocycles. The number of rotatable bonds is 2. The first-order chi connectivity index (χ1) is 6.81.